The normalized spacial score (nSPS) is 27.0. The second-order valence-corrected chi connectivity index (χ2v) is 8.54. The molecule has 0 radical (unpaired) electrons. The van der Waals surface area contributed by atoms with Crippen molar-refractivity contribution >= 4 is 5.91 Å². The zero-order valence-electron chi connectivity index (χ0n) is 16.9. The molecule has 0 aromatic rings. The summed E-state index contributed by atoms with van der Waals surface area (Å²) in [7, 11) is 7.49. The summed E-state index contributed by atoms with van der Waals surface area (Å²) in [6, 6.07) is 0. The number of carbonyl (C=O) groups excluding carboxylic acids is 1. The molecule has 1 aliphatic heterocycles. The SMILES string of the molecule is COC1=CC2(C=C(OC)C1C(C)(C)C)CCN(CCCN(C)C)C2=O. The van der Waals surface area contributed by atoms with Crippen LogP contribution in [-0.4, -0.2) is 63.7 Å². The number of ether oxygens (including phenoxy) is 2. The monoisotopic (exact) mass is 350 g/mol. The molecule has 1 spiro atoms. The van der Waals surface area contributed by atoms with E-state index < -0.39 is 5.41 Å². The molecule has 2 aliphatic rings. The second kappa shape index (κ2) is 7.40. The van der Waals surface area contributed by atoms with Crippen molar-refractivity contribution in [3.05, 3.63) is 23.7 Å². The van der Waals surface area contributed by atoms with Gasteiger partial charge in [0.05, 0.1) is 25.6 Å². The van der Waals surface area contributed by atoms with E-state index in [9.17, 15) is 4.79 Å². The Balaban J connectivity index is 2.26. The first kappa shape index (κ1) is 19.8. The molecule has 0 atom stereocenters. The van der Waals surface area contributed by atoms with Gasteiger partial charge >= 0.3 is 0 Å². The molecule has 0 unspecified atom stereocenters. The van der Waals surface area contributed by atoms with Crippen molar-refractivity contribution in [1.82, 2.24) is 9.80 Å². The third-order valence-electron chi connectivity index (χ3n) is 5.22. The highest BCUT2D eigenvalue weighted by Crippen LogP contribution is 2.48. The van der Waals surface area contributed by atoms with Gasteiger partial charge in [-0.3, -0.25) is 4.79 Å². The molecular formula is C20H34N2O3. The average Bonchev–Trinajstić information content (AvgIpc) is 2.81. The summed E-state index contributed by atoms with van der Waals surface area (Å²) in [5, 5.41) is 0. The number of nitrogens with zero attached hydrogens (tertiary/aromatic N) is 2. The minimum absolute atomic E-state index is 0.0312. The van der Waals surface area contributed by atoms with Crippen molar-refractivity contribution in [2.75, 3.05) is 47.9 Å². The summed E-state index contributed by atoms with van der Waals surface area (Å²) >= 11 is 0. The summed E-state index contributed by atoms with van der Waals surface area (Å²) in [5.74, 6) is 1.89. The van der Waals surface area contributed by atoms with Crippen LogP contribution in [0.25, 0.3) is 0 Å². The molecule has 1 aliphatic carbocycles. The molecule has 1 heterocycles. The van der Waals surface area contributed by atoms with E-state index in [1.807, 2.05) is 17.1 Å². The lowest BCUT2D eigenvalue weighted by Crippen LogP contribution is -2.38. The van der Waals surface area contributed by atoms with Gasteiger partial charge in [-0.15, -0.1) is 0 Å². The topological polar surface area (TPSA) is 42.0 Å². The van der Waals surface area contributed by atoms with Gasteiger partial charge in [-0.2, -0.15) is 0 Å². The van der Waals surface area contributed by atoms with Crippen LogP contribution in [0, 0.1) is 16.7 Å². The third-order valence-corrected chi connectivity index (χ3v) is 5.22. The molecule has 25 heavy (non-hydrogen) atoms. The highest BCUT2D eigenvalue weighted by atomic mass is 16.5. The van der Waals surface area contributed by atoms with Gasteiger partial charge < -0.3 is 19.3 Å². The van der Waals surface area contributed by atoms with Crippen LogP contribution < -0.4 is 0 Å². The quantitative estimate of drug-likeness (QED) is 0.739. The van der Waals surface area contributed by atoms with Gasteiger partial charge in [-0.25, -0.2) is 0 Å². The Morgan fingerprint density at radius 1 is 1.20 bits per heavy atom. The summed E-state index contributed by atoms with van der Waals surface area (Å²) in [4.78, 5) is 17.3. The maximum Gasteiger partial charge on any atom is 0.236 e. The summed E-state index contributed by atoms with van der Waals surface area (Å²) < 4.78 is 11.4. The molecule has 2 rings (SSSR count). The van der Waals surface area contributed by atoms with E-state index in [2.05, 4.69) is 39.8 Å². The summed E-state index contributed by atoms with van der Waals surface area (Å²) in [6.45, 7) is 9.07. The van der Waals surface area contributed by atoms with Crippen molar-refractivity contribution in [3.8, 4) is 0 Å². The van der Waals surface area contributed by atoms with Crippen LogP contribution in [0.4, 0.5) is 0 Å². The van der Waals surface area contributed by atoms with Crippen LogP contribution in [0.1, 0.15) is 33.6 Å². The molecule has 5 nitrogen and oxygen atoms in total. The van der Waals surface area contributed by atoms with Crippen LogP contribution in [0.3, 0.4) is 0 Å². The number of carbonyl (C=O) groups is 1. The smallest absolute Gasteiger partial charge is 0.236 e. The molecule has 0 saturated carbocycles. The van der Waals surface area contributed by atoms with Crippen LogP contribution in [0.15, 0.2) is 23.7 Å². The minimum Gasteiger partial charge on any atom is -0.501 e. The third kappa shape index (κ3) is 4.02. The molecule has 5 heteroatoms. The first-order valence-corrected chi connectivity index (χ1v) is 9.12. The highest BCUT2D eigenvalue weighted by molar-refractivity contribution is 5.89. The molecule has 1 saturated heterocycles. The number of hydrogen-bond acceptors (Lipinski definition) is 4. The Labute approximate surface area is 152 Å². The maximum absolute atomic E-state index is 13.1. The van der Waals surface area contributed by atoms with Gasteiger partial charge in [-0.1, -0.05) is 20.8 Å². The van der Waals surface area contributed by atoms with E-state index in [1.54, 1.807) is 14.2 Å². The average molecular weight is 351 g/mol. The van der Waals surface area contributed by atoms with Crippen molar-refractivity contribution in [3.63, 3.8) is 0 Å². The second-order valence-electron chi connectivity index (χ2n) is 8.54. The molecular weight excluding hydrogens is 316 g/mol. The molecule has 1 amide bonds. The van der Waals surface area contributed by atoms with Gasteiger partial charge in [0.2, 0.25) is 5.91 Å². The number of methoxy groups -OCH3 is 2. The fraction of sp³-hybridized carbons (Fsp3) is 0.750. The predicted octanol–water partition coefficient (Wildman–Crippen LogP) is 2.89. The Kier molecular flexibility index (Phi) is 5.87. The lowest BCUT2D eigenvalue weighted by Gasteiger charge is -2.38. The highest BCUT2D eigenvalue weighted by Gasteiger charge is 2.49. The standard InChI is InChI=1S/C20H34N2O3/c1-19(2,3)17-15(24-6)13-20(14-16(17)25-7)9-12-22(18(20)23)11-8-10-21(4)5/h13-14,17H,8-12H2,1-7H3. The molecule has 142 valence electrons. The number of likely N-dealkylation sites (tertiary alicyclic amines) is 1. The summed E-state index contributed by atoms with van der Waals surface area (Å²) in [6.07, 6.45) is 5.85. The maximum atomic E-state index is 13.1. The van der Waals surface area contributed by atoms with Crippen molar-refractivity contribution in [2.24, 2.45) is 16.7 Å². The first-order chi connectivity index (χ1) is 11.6. The Hall–Kier alpha value is -1.49. The van der Waals surface area contributed by atoms with E-state index in [4.69, 9.17) is 9.47 Å². The van der Waals surface area contributed by atoms with Crippen LogP contribution >= 0.6 is 0 Å². The van der Waals surface area contributed by atoms with E-state index in [0.29, 0.717) is 0 Å². The Morgan fingerprint density at radius 2 is 1.76 bits per heavy atom. The lowest BCUT2D eigenvalue weighted by molar-refractivity contribution is -0.132. The predicted molar refractivity (Wildman–Crippen MR) is 99.9 cm³/mol. The zero-order chi connectivity index (χ0) is 18.8. The summed E-state index contributed by atoms with van der Waals surface area (Å²) in [5.41, 5.74) is -0.658. The molecule has 0 aromatic carbocycles. The van der Waals surface area contributed by atoms with Crippen molar-refractivity contribution in [1.29, 1.82) is 0 Å². The van der Waals surface area contributed by atoms with Gasteiger partial charge in [0.1, 0.15) is 11.5 Å². The molecule has 0 aromatic heterocycles. The van der Waals surface area contributed by atoms with Gasteiger partial charge in [-0.05, 0) is 51.0 Å². The van der Waals surface area contributed by atoms with E-state index >= 15 is 0 Å². The fourth-order valence-electron chi connectivity index (χ4n) is 3.95. The van der Waals surface area contributed by atoms with Crippen LogP contribution in [0.2, 0.25) is 0 Å². The Morgan fingerprint density at radius 3 is 2.20 bits per heavy atom. The molecule has 0 bridgehead atoms. The van der Waals surface area contributed by atoms with E-state index in [0.717, 1.165) is 44.0 Å². The van der Waals surface area contributed by atoms with E-state index in [-0.39, 0.29) is 17.2 Å². The number of hydrogen-bond donors (Lipinski definition) is 0. The van der Waals surface area contributed by atoms with Crippen LogP contribution in [-0.2, 0) is 14.3 Å². The van der Waals surface area contributed by atoms with Crippen LogP contribution in [0.5, 0.6) is 0 Å². The fourth-order valence-corrected chi connectivity index (χ4v) is 3.95. The number of rotatable bonds is 6. The minimum atomic E-state index is -0.615. The zero-order valence-corrected chi connectivity index (χ0v) is 16.9. The van der Waals surface area contributed by atoms with Gasteiger partial charge in [0, 0.05) is 13.1 Å². The molecule has 1 fully saturated rings. The largest absolute Gasteiger partial charge is 0.501 e. The Bertz CT molecular complexity index is 536. The molecule has 0 N–H and O–H groups in total. The lowest BCUT2D eigenvalue weighted by atomic mass is 9.70. The van der Waals surface area contributed by atoms with Crippen molar-refractivity contribution in [2.45, 2.75) is 33.6 Å². The van der Waals surface area contributed by atoms with Gasteiger partial charge in [0.15, 0.2) is 0 Å². The van der Waals surface area contributed by atoms with Gasteiger partial charge in [0.25, 0.3) is 0 Å². The first-order valence-electron chi connectivity index (χ1n) is 9.12. The van der Waals surface area contributed by atoms with E-state index in [1.165, 1.54) is 0 Å². The number of amides is 1. The van der Waals surface area contributed by atoms with Crippen molar-refractivity contribution < 1.29 is 14.3 Å².